The van der Waals surface area contributed by atoms with Crippen LogP contribution in [0.15, 0.2) is 30.5 Å². The number of pyridine rings is 1. The summed E-state index contributed by atoms with van der Waals surface area (Å²) in [6.07, 6.45) is 10.1. The zero-order valence-corrected chi connectivity index (χ0v) is 14.7. The Morgan fingerprint density at radius 2 is 1.85 bits per heavy atom. The lowest BCUT2D eigenvalue weighted by molar-refractivity contribution is 0.752. The predicted molar refractivity (Wildman–Crippen MR) is 98.4 cm³/mol. The molecule has 0 saturated heterocycles. The maximum absolute atomic E-state index is 5.02. The summed E-state index contributed by atoms with van der Waals surface area (Å²) in [5.41, 5.74) is 5.92. The molecule has 0 radical (unpaired) electrons. The van der Waals surface area contributed by atoms with E-state index in [4.69, 9.17) is 15.1 Å². The van der Waals surface area contributed by atoms with Gasteiger partial charge in [0, 0.05) is 35.0 Å². The molecule has 5 heteroatoms. The highest BCUT2D eigenvalue weighted by molar-refractivity contribution is 5.54. The Morgan fingerprint density at radius 3 is 2.62 bits per heavy atom. The molecule has 0 bridgehead atoms. The van der Waals surface area contributed by atoms with E-state index in [1.807, 2.05) is 18.2 Å². The van der Waals surface area contributed by atoms with E-state index < -0.39 is 0 Å². The van der Waals surface area contributed by atoms with E-state index in [1.165, 1.54) is 48.3 Å². The molecule has 3 aliphatic carbocycles. The quantitative estimate of drug-likeness (QED) is 0.719. The molecule has 0 spiro atoms. The molecule has 3 aliphatic rings. The van der Waals surface area contributed by atoms with Gasteiger partial charge in [0.2, 0.25) is 0 Å². The first kappa shape index (κ1) is 14.6. The maximum Gasteiger partial charge on any atom is 0.180 e. The molecule has 0 atom stereocenters. The lowest BCUT2D eigenvalue weighted by atomic mass is 10.2. The van der Waals surface area contributed by atoms with Crippen molar-refractivity contribution < 1.29 is 0 Å². The third-order valence-corrected chi connectivity index (χ3v) is 5.75. The van der Waals surface area contributed by atoms with Crippen LogP contribution in [0.1, 0.15) is 66.6 Å². The van der Waals surface area contributed by atoms with E-state index in [0.29, 0.717) is 11.8 Å². The average Bonchev–Trinajstić information content (AvgIpc) is 3.62. The Balaban J connectivity index is 1.55. The Morgan fingerprint density at radius 1 is 0.962 bits per heavy atom. The van der Waals surface area contributed by atoms with Crippen molar-refractivity contribution in [3.05, 3.63) is 53.1 Å². The minimum atomic E-state index is 0.653. The second-order valence-electron chi connectivity index (χ2n) is 7.82. The fraction of sp³-hybridized carbons (Fsp3) is 0.429. The van der Waals surface area contributed by atoms with Crippen molar-refractivity contribution >= 4 is 0 Å². The summed E-state index contributed by atoms with van der Waals surface area (Å²) in [5, 5.41) is 5.02. The molecule has 6 rings (SSSR count). The summed E-state index contributed by atoms with van der Waals surface area (Å²) in [5.74, 6) is 3.05. The molecule has 0 unspecified atom stereocenters. The smallest absolute Gasteiger partial charge is 0.180 e. The number of aromatic nitrogens is 5. The van der Waals surface area contributed by atoms with Crippen molar-refractivity contribution in [2.24, 2.45) is 0 Å². The topological polar surface area (TPSA) is 56.5 Å². The highest BCUT2D eigenvalue weighted by Crippen LogP contribution is 2.45. The summed E-state index contributed by atoms with van der Waals surface area (Å²) in [6, 6.07) is 8.26. The third kappa shape index (κ3) is 2.37. The highest BCUT2D eigenvalue weighted by Gasteiger charge is 2.34. The predicted octanol–water partition coefficient (Wildman–Crippen LogP) is 3.97. The van der Waals surface area contributed by atoms with E-state index in [9.17, 15) is 0 Å². The van der Waals surface area contributed by atoms with E-state index in [1.54, 1.807) is 6.20 Å². The minimum Gasteiger partial charge on any atom is -0.253 e. The molecule has 3 aromatic heterocycles. The van der Waals surface area contributed by atoms with E-state index in [0.717, 1.165) is 36.6 Å². The Kier molecular flexibility index (Phi) is 3.07. The van der Waals surface area contributed by atoms with E-state index in [2.05, 4.69) is 15.7 Å². The van der Waals surface area contributed by atoms with Gasteiger partial charge < -0.3 is 0 Å². The molecule has 0 N–H and O–H groups in total. The first-order valence-electron chi connectivity index (χ1n) is 9.78. The molecule has 2 saturated carbocycles. The van der Waals surface area contributed by atoms with Crippen LogP contribution >= 0.6 is 0 Å². The molecule has 26 heavy (non-hydrogen) atoms. The zero-order chi connectivity index (χ0) is 17.1. The molecular formula is C21H21N5. The van der Waals surface area contributed by atoms with E-state index >= 15 is 0 Å². The van der Waals surface area contributed by atoms with Gasteiger partial charge in [-0.25, -0.2) is 14.6 Å². The third-order valence-electron chi connectivity index (χ3n) is 5.75. The van der Waals surface area contributed by atoms with Gasteiger partial charge in [0.05, 0.1) is 5.69 Å². The Bertz CT molecular complexity index is 983. The highest BCUT2D eigenvalue weighted by atomic mass is 15.3. The summed E-state index contributed by atoms with van der Waals surface area (Å²) < 4.78 is 2.16. The van der Waals surface area contributed by atoms with Crippen LogP contribution in [0.3, 0.4) is 0 Å². The van der Waals surface area contributed by atoms with Gasteiger partial charge in [-0.15, -0.1) is 0 Å². The van der Waals surface area contributed by atoms with Crippen LogP contribution in [0.5, 0.6) is 0 Å². The summed E-state index contributed by atoms with van der Waals surface area (Å²) in [4.78, 5) is 14.3. The zero-order valence-electron chi connectivity index (χ0n) is 14.7. The van der Waals surface area contributed by atoms with Crippen molar-refractivity contribution in [2.45, 2.75) is 56.8 Å². The van der Waals surface area contributed by atoms with Gasteiger partial charge in [-0.3, -0.25) is 4.98 Å². The number of nitrogens with zero attached hydrogens (tertiary/aromatic N) is 5. The van der Waals surface area contributed by atoms with Crippen LogP contribution in [0.4, 0.5) is 0 Å². The van der Waals surface area contributed by atoms with Gasteiger partial charge in [-0.2, -0.15) is 5.10 Å². The second kappa shape index (κ2) is 5.47. The lowest BCUT2D eigenvalue weighted by Crippen LogP contribution is -2.10. The molecule has 5 nitrogen and oxygen atoms in total. The van der Waals surface area contributed by atoms with Gasteiger partial charge in [-0.1, -0.05) is 6.07 Å². The number of rotatable bonds is 4. The second-order valence-corrected chi connectivity index (χ2v) is 7.82. The van der Waals surface area contributed by atoms with Crippen LogP contribution in [-0.4, -0.2) is 24.7 Å². The minimum absolute atomic E-state index is 0.653. The number of fused-ring (bicyclic) bond motifs is 1. The summed E-state index contributed by atoms with van der Waals surface area (Å²) in [7, 11) is 0. The molecule has 2 fully saturated rings. The normalized spacial score (nSPS) is 18.9. The van der Waals surface area contributed by atoms with Crippen molar-refractivity contribution in [3.63, 3.8) is 0 Å². The summed E-state index contributed by atoms with van der Waals surface area (Å²) in [6.45, 7) is 0. The first-order valence-corrected chi connectivity index (χ1v) is 9.78. The van der Waals surface area contributed by atoms with Crippen LogP contribution in [0.2, 0.25) is 0 Å². The first-order chi connectivity index (χ1) is 12.9. The molecule has 130 valence electrons. The molecule has 3 aromatic rings. The van der Waals surface area contributed by atoms with Crippen LogP contribution < -0.4 is 0 Å². The lowest BCUT2D eigenvalue weighted by Gasteiger charge is -2.12. The van der Waals surface area contributed by atoms with Gasteiger partial charge >= 0.3 is 0 Å². The van der Waals surface area contributed by atoms with Crippen molar-refractivity contribution in [2.75, 3.05) is 0 Å². The Labute approximate surface area is 152 Å². The standard InChI is InChI=1S/C21H21N5/c1-2-11-22-17(5-1)20-23-16-6-3-4-15(16)21(24-20)26-19(14-9-10-14)12-18(25-26)13-7-8-13/h1-2,5,11-14H,3-4,6-10H2. The SMILES string of the molecule is c1ccc(-c2nc3c(c(-n4nc(C5CC5)cc4C4CC4)n2)CCC3)nc1. The number of hydrogen-bond donors (Lipinski definition) is 0. The largest absolute Gasteiger partial charge is 0.253 e. The van der Waals surface area contributed by atoms with Gasteiger partial charge in [0.15, 0.2) is 11.6 Å². The molecular weight excluding hydrogens is 322 g/mol. The monoisotopic (exact) mass is 343 g/mol. The van der Waals surface area contributed by atoms with E-state index in [-0.39, 0.29) is 0 Å². The molecule has 0 aliphatic heterocycles. The fourth-order valence-electron chi connectivity index (χ4n) is 4.03. The molecule has 0 amide bonds. The molecule has 3 heterocycles. The van der Waals surface area contributed by atoms with Crippen LogP contribution in [-0.2, 0) is 12.8 Å². The van der Waals surface area contributed by atoms with Crippen LogP contribution in [0.25, 0.3) is 17.3 Å². The Hall–Kier alpha value is -2.56. The van der Waals surface area contributed by atoms with Gasteiger partial charge in [-0.05, 0) is 63.1 Å². The number of aryl methyl sites for hydroxylation is 1. The van der Waals surface area contributed by atoms with Crippen molar-refractivity contribution in [3.8, 4) is 17.3 Å². The van der Waals surface area contributed by atoms with Crippen LogP contribution in [0, 0.1) is 0 Å². The van der Waals surface area contributed by atoms with Gasteiger partial charge in [0.1, 0.15) is 5.69 Å². The number of hydrogen-bond acceptors (Lipinski definition) is 4. The summed E-state index contributed by atoms with van der Waals surface area (Å²) >= 11 is 0. The fourth-order valence-corrected chi connectivity index (χ4v) is 4.03. The van der Waals surface area contributed by atoms with Crippen molar-refractivity contribution in [1.82, 2.24) is 24.7 Å². The molecule has 0 aromatic carbocycles. The maximum atomic E-state index is 5.02. The van der Waals surface area contributed by atoms with Crippen molar-refractivity contribution in [1.29, 1.82) is 0 Å². The average molecular weight is 343 g/mol. The van der Waals surface area contributed by atoms with Gasteiger partial charge in [0.25, 0.3) is 0 Å².